The van der Waals surface area contributed by atoms with Crippen LogP contribution in [0.4, 0.5) is 0 Å². The van der Waals surface area contributed by atoms with E-state index in [-0.39, 0.29) is 5.91 Å². The average molecular weight is 246 g/mol. The molecule has 96 valence electrons. The highest BCUT2D eigenvalue weighted by molar-refractivity contribution is 5.93. The molecule has 1 fully saturated rings. The largest absolute Gasteiger partial charge is 0.333 e. The Hall–Kier alpha value is -1.83. The number of hydrogen-bond acceptors (Lipinski definition) is 3. The van der Waals surface area contributed by atoms with Gasteiger partial charge in [-0.1, -0.05) is 6.92 Å². The van der Waals surface area contributed by atoms with E-state index in [1.807, 2.05) is 17.9 Å². The molecule has 5 heteroatoms. The van der Waals surface area contributed by atoms with Gasteiger partial charge in [-0.2, -0.15) is 10.4 Å². The molecule has 0 saturated heterocycles. The van der Waals surface area contributed by atoms with Crippen molar-refractivity contribution in [2.24, 2.45) is 7.05 Å². The molecule has 2 rings (SSSR count). The van der Waals surface area contributed by atoms with Crippen LogP contribution in [0, 0.1) is 11.3 Å². The Balaban J connectivity index is 2.16. The van der Waals surface area contributed by atoms with Crippen molar-refractivity contribution in [3.05, 3.63) is 17.5 Å². The third-order valence-corrected chi connectivity index (χ3v) is 3.22. The van der Waals surface area contributed by atoms with Gasteiger partial charge in [0.1, 0.15) is 5.69 Å². The third kappa shape index (κ3) is 2.53. The predicted molar refractivity (Wildman–Crippen MR) is 66.9 cm³/mol. The smallest absolute Gasteiger partial charge is 0.272 e. The van der Waals surface area contributed by atoms with Crippen molar-refractivity contribution in [3.63, 3.8) is 0 Å². The summed E-state index contributed by atoms with van der Waals surface area (Å²) in [5.74, 6) is 0.00227. The van der Waals surface area contributed by atoms with Crippen LogP contribution in [0.1, 0.15) is 42.4 Å². The van der Waals surface area contributed by atoms with Crippen LogP contribution in [-0.4, -0.2) is 33.2 Å². The van der Waals surface area contributed by atoms with E-state index >= 15 is 0 Å². The lowest BCUT2D eigenvalue weighted by molar-refractivity contribution is 0.0735. The molecule has 0 N–H and O–H groups in total. The fraction of sp³-hybridized carbons (Fsp3) is 0.615. The van der Waals surface area contributed by atoms with Gasteiger partial charge in [0.15, 0.2) is 0 Å². The quantitative estimate of drug-likeness (QED) is 0.791. The second-order valence-corrected chi connectivity index (χ2v) is 4.64. The number of rotatable bonds is 5. The Bertz CT molecular complexity index is 482. The SMILES string of the molecule is CCc1cc(C(=O)N(CCC#N)C2CC2)n(C)n1. The summed E-state index contributed by atoms with van der Waals surface area (Å²) in [6.07, 6.45) is 3.31. The molecule has 1 amide bonds. The molecule has 0 atom stereocenters. The van der Waals surface area contributed by atoms with Crippen LogP contribution in [0.2, 0.25) is 0 Å². The van der Waals surface area contributed by atoms with Crippen molar-refractivity contribution in [1.29, 1.82) is 5.26 Å². The molecule has 1 saturated carbocycles. The Kier molecular flexibility index (Phi) is 3.66. The van der Waals surface area contributed by atoms with Gasteiger partial charge in [0.25, 0.3) is 5.91 Å². The molecule has 1 aliphatic carbocycles. The monoisotopic (exact) mass is 246 g/mol. The number of carbonyl (C=O) groups is 1. The first kappa shape index (κ1) is 12.6. The third-order valence-electron chi connectivity index (χ3n) is 3.22. The van der Waals surface area contributed by atoms with Gasteiger partial charge < -0.3 is 4.90 Å². The number of amides is 1. The van der Waals surface area contributed by atoms with Gasteiger partial charge in [-0.3, -0.25) is 9.48 Å². The molecular weight excluding hydrogens is 228 g/mol. The Morgan fingerprint density at radius 2 is 2.39 bits per heavy atom. The first-order valence-corrected chi connectivity index (χ1v) is 6.38. The van der Waals surface area contributed by atoms with E-state index in [1.165, 1.54) is 0 Å². The predicted octanol–water partition coefficient (Wildman–Crippen LogP) is 1.50. The minimum atomic E-state index is 0.00227. The molecule has 0 radical (unpaired) electrons. The minimum absolute atomic E-state index is 0.00227. The number of carbonyl (C=O) groups excluding carboxylic acids is 1. The van der Waals surface area contributed by atoms with E-state index in [2.05, 4.69) is 11.2 Å². The van der Waals surface area contributed by atoms with Crippen molar-refractivity contribution in [1.82, 2.24) is 14.7 Å². The standard InChI is InChI=1S/C13H18N4O/c1-3-10-9-12(16(2)15-10)13(18)17(8-4-7-14)11-5-6-11/h9,11H,3-6,8H2,1-2H3. The molecule has 0 spiro atoms. The highest BCUT2D eigenvalue weighted by Gasteiger charge is 2.33. The molecule has 1 aliphatic rings. The van der Waals surface area contributed by atoms with E-state index < -0.39 is 0 Å². The topological polar surface area (TPSA) is 61.9 Å². The number of aromatic nitrogens is 2. The molecule has 0 unspecified atom stereocenters. The van der Waals surface area contributed by atoms with Crippen molar-refractivity contribution < 1.29 is 4.79 Å². The van der Waals surface area contributed by atoms with Gasteiger partial charge in [-0.15, -0.1) is 0 Å². The molecule has 0 bridgehead atoms. The lowest BCUT2D eigenvalue weighted by Crippen LogP contribution is -2.35. The lowest BCUT2D eigenvalue weighted by Gasteiger charge is -2.20. The summed E-state index contributed by atoms with van der Waals surface area (Å²) in [7, 11) is 1.79. The Morgan fingerprint density at radius 3 is 2.89 bits per heavy atom. The summed E-state index contributed by atoms with van der Waals surface area (Å²) in [5, 5.41) is 13.0. The normalized spacial score (nSPS) is 14.3. The molecule has 1 heterocycles. The highest BCUT2D eigenvalue weighted by Crippen LogP contribution is 2.28. The maximum absolute atomic E-state index is 12.4. The van der Waals surface area contributed by atoms with Crippen LogP contribution in [0.15, 0.2) is 6.07 Å². The van der Waals surface area contributed by atoms with Gasteiger partial charge >= 0.3 is 0 Å². The van der Waals surface area contributed by atoms with E-state index in [0.717, 1.165) is 25.0 Å². The first-order valence-electron chi connectivity index (χ1n) is 6.38. The zero-order valence-electron chi connectivity index (χ0n) is 10.9. The average Bonchev–Trinajstić information content (AvgIpc) is 3.12. The van der Waals surface area contributed by atoms with Gasteiger partial charge in [-0.05, 0) is 25.3 Å². The van der Waals surface area contributed by atoms with E-state index in [4.69, 9.17) is 5.26 Å². The van der Waals surface area contributed by atoms with Gasteiger partial charge in [0, 0.05) is 19.6 Å². The highest BCUT2D eigenvalue weighted by atomic mass is 16.2. The number of hydrogen-bond donors (Lipinski definition) is 0. The van der Waals surface area contributed by atoms with Crippen LogP contribution in [0.25, 0.3) is 0 Å². The van der Waals surface area contributed by atoms with Gasteiger partial charge in [0.05, 0.1) is 18.2 Å². The van der Waals surface area contributed by atoms with Crippen molar-refractivity contribution >= 4 is 5.91 Å². The summed E-state index contributed by atoms with van der Waals surface area (Å²) in [5.41, 5.74) is 1.55. The molecule has 0 aliphatic heterocycles. The zero-order chi connectivity index (χ0) is 13.1. The number of nitrogens with zero attached hydrogens (tertiary/aromatic N) is 4. The van der Waals surface area contributed by atoms with E-state index in [9.17, 15) is 4.79 Å². The van der Waals surface area contributed by atoms with Gasteiger partial charge in [-0.25, -0.2) is 0 Å². The van der Waals surface area contributed by atoms with Crippen LogP contribution in [0.5, 0.6) is 0 Å². The van der Waals surface area contributed by atoms with Crippen molar-refractivity contribution in [2.45, 2.75) is 38.6 Å². The summed E-state index contributed by atoms with van der Waals surface area (Å²) in [6, 6.07) is 4.28. The van der Waals surface area contributed by atoms with Crippen molar-refractivity contribution in [3.8, 4) is 6.07 Å². The number of aryl methyl sites for hydroxylation is 2. The minimum Gasteiger partial charge on any atom is -0.333 e. The maximum Gasteiger partial charge on any atom is 0.272 e. The Morgan fingerprint density at radius 1 is 1.67 bits per heavy atom. The van der Waals surface area contributed by atoms with Crippen LogP contribution in [0.3, 0.4) is 0 Å². The molecular formula is C13H18N4O. The maximum atomic E-state index is 12.4. The fourth-order valence-corrected chi connectivity index (χ4v) is 2.05. The second-order valence-electron chi connectivity index (χ2n) is 4.64. The molecule has 5 nitrogen and oxygen atoms in total. The first-order chi connectivity index (χ1) is 8.67. The van der Waals surface area contributed by atoms with Crippen LogP contribution in [-0.2, 0) is 13.5 Å². The Labute approximate surface area is 107 Å². The summed E-state index contributed by atoms with van der Waals surface area (Å²) >= 11 is 0. The molecule has 0 aromatic carbocycles. The van der Waals surface area contributed by atoms with Crippen molar-refractivity contribution in [2.75, 3.05) is 6.54 Å². The summed E-state index contributed by atoms with van der Waals surface area (Å²) in [4.78, 5) is 14.3. The van der Waals surface area contributed by atoms with E-state index in [0.29, 0.717) is 24.7 Å². The molecule has 18 heavy (non-hydrogen) atoms. The molecule has 1 aromatic rings. The second kappa shape index (κ2) is 5.21. The zero-order valence-corrected chi connectivity index (χ0v) is 10.9. The fourth-order valence-electron chi connectivity index (χ4n) is 2.05. The summed E-state index contributed by atoms with van der Waals surface area (Å²) < 4.78 is 1.64. The summed E-state index contributed by atoms with van der Waals surface area (Å²) in [6.45, 7) is 2.54. The number of nitriles is 1. The van der Waals surface area contributed by atoms with E-state index in [1.54, 1.807) is 11.7 Å². The lowest BCUT2D eigenvalue weighted by atomic mass is 10.2. The molecule has 1 aromatic heterocycles. The van der Waals surface area contributed by atoms with Crippen LogP contribution >= 0.6 is 0 Å². The van der Waals surface area contributed by atoms with Gasteiger partial charge in [0.2, 0.25) is 0 Å². The van der Waals surface area contributed by atoms with Crippen LogP contribution < -0.4 is 0 Å².